The summed E-state index contributed by atoms with van der Waals surface area (Å²) in [6.07, 6.45) is 6.80. The Hall–Kier alpha value is -1.54. The highest BCUT2D eigenvalue weighted by atomic mass is 35.5. The van der Waals surface area contributed by atoms with Crippen molar-refractivity contribution in [1.29, 1.82) is 0 Å². The van der Waals surface area contributed by atoms with Gasteiger partial charge in [-0.05, 0) is 68.9 Å². The number of carbonyl (C=O) groups excluding carboxylic acids is 1. The van der Waals surface area contributed by atoms with Crippen molar-refractivity contribution in [2.75, 3.05) is 6.54 Å². The molecule has 3 aliphatic carbocycles. The van der Waals surface area contributed by atoms with Gasteiger partial charge in [0.25, 0.3) is 0 Å². The number of piperidine rings is 1. The smallest absolute Gasteiger partial charge is 0.200 e. The topological polar surface area (TPSA) is 153 Å². The summed E-state index contributed by atoms with van der Waals surface area (Å²) in [6, 6.07) is 0.161. The average Bonchev–Trinajstić information content (AvgIpc) is 3.41. The van der Waals surface area contributed by atoms with E-state index in [9.17, 15) is 20.1 Å². The lowest BCUT2D eigenvalue weighted by atomic mass is 9.51. The maximum Gasteiger partial charge on any atom is 0.200 e. The molecule has 28 heavy (non-hydrogen) atoms. The van der Waals surface area contributed by atoms with Crippen molar-refractivity contribution in [2.24, 2.45) is 11.8 Å². The summed E-state index contributed by atoms with van der Waals surface area (Å²) >= 11 is 0. The summed E-state index contributed by atoms with van der Waals surface area (Å²) < 4.78 is 0. The van der Waals surface area contributed by atoms with Gasteiger partial charge >= 0.3 is 0 Å². The second kappa shape index (κ2) is 7.71. The summed E-state index contributed by atoms with van der Waals surface area (Å²) in [5.41, 5.74) is 1.71. The lowest BCUT2D eigenvalue weighted by molar-refractivity contribution is -0.132. The first kappa shape index (κ1) is 22.7. The molecular weight excluding hydrogens is 386 g/mol. The van der Waals surface area contributed by atoms with Gasteiger partial charge in [0.05, 0.1) is 5.41 Å². The number of rotatable bonds is 2. The molecule has 1 heterocycles. The van der Waals surface area contributed by atoms with Crippen molar-refractivity contribution in [3.63, 3.8) is 0 Å². The van der Waals surface area contributed by atoms with Crippen LogP contribution in [-0.2, 0) is 23.1 Å². The molecule has 3 atom stereocenters. The number of Topliss-reactive ketones (excluding diaryl/α,β-unsaturated/α-hetero) is 1. The van der Waals surface area contributed by atoms with Crippen LogP contribution in [0.15, 0.2) is 0 Å². The zero-order valence-electron chi connectivity index (χ0n) is 15.8. The van der Waals surface area contributed by atoms with Gasteiger partial charge in [0, 0.05) is 23.6 Å². The number of hydrogen-bond acceptors (Lipinski definition) is 5. The molecule has 1 aromatic carbocycles. The Morgan fingerprint density at radius 2 is 1.75 bits per heavy atom. The largest absolute Gasteiger partial charge is 0.504 e. The molecule has 2 saturated carbocycles. The number of hydrogen-bond donors (Lipinski definition) is 4. The third kappa shape index (κ3) is 2.87. The first-order chi connectivity index (χ1) is 12.0. The Balaban J connectivity index is 0.000000934. The van der Waals surface area contributed by atoms with E-state index in [0.29, 0.717) is 30.7 Å². The van der Waals surface area contributed by atoms with Crippen LogP contribution in [0.4, 0.5) is 0 Å². The summed E-state index contributed by atoms with van der Waals surface area (Å²) in [6.45, 7) is 0.789. The van der Waals surface area contributed by atoms with Gasteiger partial charge in [-0.25, -0.2) is 0 Å². The first-order valence-electron chi connectivity index (χ1n) is 9.59. The maximum absolute atomic E-state index is 13.2. The van der Waals surface area contributed by atoms with Crippen LogP contribution >= 0.6 is 12.4 Å². The van der Waals surface area contributed by atoms with Gasteiger partial charge in [-0.15, -0.1) is 12.4 Å². The molecule has 1 saturated heterocycles. The van der Waals surface area contributed by atoms with Gasteiger partial charge in [-0.1, -0.05) is 0 Å². The van der Waals surface area contributed by atoms with Gasteiger partial charge in [0.15, 0.2) is 11.5 Å². The summed E-state index contributed by atoms with van der Waals surface area (Å²) in [5.74, 6) is 0.176. The number of ketones is 1. The molecule has 0 unspecified atom stereocenters. The van der Waals surface area contributed by atoms with E-state index in [0.717, 1.165) is 49.8 Å². The van der Waals surface area contributed by atoms with Crippen LogP contribution in [0.1, 0.15) is 55.2 Å². The molecule has 1 aliphatic heterocycles. The van der Waals surface area contributed by atoms with Gasteiger partial charge in [-0.3, -0.25) is 4.79 Å². The number of phenolic OH excluding ortho intramolecular Hbond substituents is 3. The molecule has 158 valence electrons. The summed E-state index contributed by atoms with van der Waals surface area (Å²) in [7, 11) is 0. The Kier molecular flexibility index (Phi) is 6.26. The lowest BCUT2D eigenvalue weighted by Crippen LogP contribution is -2.63. The van der Waals surface area contributed by atoms with E-state index in [1.54, 1.807) is 0 Å². The molecule has 2 bridgehead atoms. The maximum atomic E-state index is 13.2. The number of fused-ring (bicyclic) bond motifs is 1. The molecule has 5 rings (SSSR count). The van der Waals surface area contributed by atoms with Gasteiger partial charge in [0.1, 0.15) is 5.78 Å². The van der Waals surface area contributed by atoms with Crippen molar-refractivity contribution in [1.82, 2.24) is 5.32 Å². The van der Waals surface area contributed by atoms with Crippen molar-refractivity contribution < 1.29 is 31.1 Å². The Bertz CT molecular complexity index is 781. The highest BCUT2D eigenvalue weighted by Crippen LogP contribution is 2.59. The second-order valence-electron chi connectivity index (χ2n) is 8.43. The Labute approximate surface area is 170 Å². The minimum atomic E-state index is -0.589. The summed E-state index contributed by atoms with van der Waals surface area (Å²) in [5, 5.41) is 35.0. The molecule has 8 heteroatoms. The fraction of sp³-hybridized carbons (Fsp3) is 0.650. The number of halogens is 1. The van der Waals surface area contributed by atoms with E-state index in [1.165, 1.54) is 0 Å². The molecule has 7 nitrogen and oxygen atoms in total. The normalized spacial score (nSPS) is 30.1. The fourth-order valence-electron chi connectivity index (χ4n) is 5.87. The third-order valence-electron chi connectivity index (χ3n) is 7.14. The van der Waals surface area contributed by atoms with E-state index in [1.807, 2.05) is 0 Å². The van der Waals surface area contributed by atoms with E-state index in [4.69, 9.17) is 0 Å². The highest BCUT2D eigenvalue weighted by molar-refractivity contribution is 5.94. The van der Waals surface area contributed by atoms with E-state index in [2.05, 4.69) is 5.32 Å². The minimum absolute atomic E-state index is 0. The van der Waals surface area contributed by atoms with Gasteiger partial charge in [-0.2, -0.15) is 0 Å². The van der Waals surface area contributed by atoms with Crippen LogP contribution in [0.3, 0.4) is 0 Å². The molecular formula is C20H30ClNO6. The molecule has 0 radical (unpaired) electrons. The van der Waals surface area contributed by atoms with E-state index >= 15 is 0 Å². The zero-order chi connectivity index (χ0) is 17.3. The van der Waals surface area contributed by atoms with Crippen LogP contribution < -0.4 is 5.32 Å². The predicted molar refractivity (Wildman–Crippen MR) is 106 cm³/mol. The number of benzene rings is 1. The average molecular weight is 416 g/mol. The first-order valence-corrected chi connectivity index (χ1v) is 9.59. The number of aromatic hydroxyl groups is 3. The predicted octanol–water partition coefficient (Wildman–Crippen LogP) is 1.05. The Morgan fingerprint density at radius 3 is 2.43 bits per heavy atom. The van der Waals surface area contributed by atoms with E-state index < -0.39 is 11.2 Å². The Morgan fingerprint density at radius 1 is 1.04 bits per heavy atom. The highest BCUT2D eigenvalue weighted by Gasteiger charge is 2.58. The van der Waals surface area contributed by atoms with Crippen LogP contribution in [0.25, 0.3) is 0 Å². The molecule has 0 spiro atoms. The molecule has 0 amide bonds. The summed E-state index contributed by atoms with van der Waals surface area (Å²) in [4.78, 5) is 13.2. The van der Waals surface area contributed by atoms with Gasteiger partial charge < -0.3 is 31.6 Å². The molecule has 1 aromatic rings. The third-order valence-corrected chi connectivity index (χ3v) is 7.14. The molecule has 8 N–H and O–H groups in total. The number of nitrogens with one attached hydrogen (secondary N) is 1. The molecule has 0 aromatic heterocycles. The van der Waals surface area contributed by atoms with Gasteiger partial charge in [0.2, 0.25) is 5.75 Å². The fourth-order valence-corrected chi connectivity index (χ4v) is 5.87. The van der Waals surface area contributed by atoms with Crippen molar-refractivity contribution in [2.45, 2.75) is 62.8 Å². The quantitative estimate of drug-likeness (QED) is 0.532. The SMILES string of the molecule is Cl.O.O.O=C1CCC[C@H]2[C@H]3Cc4c(O)c(O)c(O)c(CC5CC5)c4[C@@]12CCN3. The monoisotopic (exact) mass is 415 g/mol. The minimum Gasteiger partial charge on any atom is -0.504 e. The lowest BCUT2D eigenvalue weighted by Gasteiger charge is -2.55. The number of phenols is 3. The van der Waals surface area contributed by atoms with Crippen LogP contribution in [0, 0.1) is 11.8 Å². The van der Waals surface area contributed by atoms with Crippen LogP contribution in [-0.4, -0.2) is 44.6 Å². The zero-order valence-corrected chi connectivity index (χ0v) is 16.6. The van der Waals surface area contributed by atoms with Crippen LogP contribution in [0.2, 0.25) is 0 Å². The second-order valence-corrected chi connectivity index (χ2v) is 8.43. The standard InChI is InChI=1S/C20H25NO4.ClH.2H2O/c22-15-3-1-2-13-14-9-12-16(20(13,15)6-7-21-14)11(8-10-4-5-10)17(23)19(25)18(12)24;;;/h10,13-14,21,23-25H,1-9H2;1H;2*1H2/t13-,14+,20+;;;/m0.../s1. The van der Waals surface area contributed by atoms with Crippen molar-refractivity contribution in [3.8, 4) is 17.2 Å². The number of carbonyl (C=O) groups is 1. The molecule has 4 aliphatic rings. The molecule has 3 fully saturated rings. The van der Waals surface area contributed by atoms with Crippen molar-refractivity contribution >= 4 is 18.2 Å². The van der Waals surface area contributed by atoms with Crippen molar-refractivity contribution in [3.05, 3.63) is 16.7 Å². The van der Waals surface area contributed by atoms with Crippen LogP contribution in [0.5, 0.6) is 17.2 Å². The van der Waals surface area contributed by atoms with E-state index in [-0.39, 0.29) is 52.6 Å².